The normalized spacial score (nSPS) is 14.1. The SMILES string of the molecule is Cc1cc(F)c(C(C)NC(C)c2ccccn2)cc1F. The molecule has 0 amide bonds. The van der Waals surface area contributed by atoms with E-state index < -0.39 is 5.82 Å². The standard InChI is InChI=1S/C16H18F2N2/c1-10-8-15(18)13(9-14(10)17)11(2)20-12(3)16-6-4-5-7-19-16/h4-9,11-12,20H,1-3H3. The van der Waals surface area contributed by atoms with E-state index in [0.717, 1.165) is 5.69 Å². The predicted molar refractivity (Wildman–Crippen MR) is 75.3 cm³/mol. The van der Waals surface area contributed by atoms with E-state index in [0.29, 0.717) is 11.1 Å². The smallest absolute Gasteiger partial charge is 0.128 e. The zero-order chi connectivity index (χ0) is 14.7. The van der Waals surface area contributed by atoms with Gasteiger partial charge in [-0.1, -0.05) is 6.07 Å². The summed E-state index contributed by atoms with van der Waals surface area (Å²) in [5, 5.41) is 3.23. The summed E-state index contributed by atoms with van der Waals surface area (Å²) in [5.74, 6) is -0.780. The molecule has 0 saturated carbocycles. The molecular weight excluding hydrogens is 258 g/mol. The van der Waals surface area contributed by atoms with Crippen molar-refractivity contribution >= 4 is 0 Å². The minimum Gasteiger partial charge on any atom is -0.302 e. The second-order valence-electron chi connectivity index (χ2n) is 4.99. The number of aromatic nitrogens is 1. The van der Waals surface area contributed by atoms with Crippen molar-refractivity contribution in [1.82, 2.24) is 10.3 Å². The Hall–Kier alpha value is -1.81. The Balaban J connectivity index is 2.16. The Bertz CT molecular complexity index is 585. The molecule has 106 valence electrons. The van der Waals surface area contributed by atoms with E-state index in [4.69, 9.17) is 0 Å². The molecule has 0 radical (unpaired) electrons. The summed E-state index contributed by atoms with van der Waals surface area (Å²) in [4.78, 5) is 4.25. The van der Waals surface area contributed by atoms with Crippen LogP contribution in [0.1, 0.15) is 42.8 Å². The summed E-state index contributed by atoms with van der Waals surface area (Å²) in [5.41, 5.74) is 1.51. The summed E-state index contributed by atoms with van der Waals surface area (Å²) >= 11 is 0. The highest BCUT2D eigenvalue weighted by Gasteiger charge is 2.16. The fourth-order valence-corrected chi connectivity index (χ4v) is 2.18. The number of pyridine rings is 1. The maximum atomic E-state index is 13.9. The van der Waals surface area contributed by atoms with Crippen LogP contribution in [-0.2, 0) is 0 Å². The molecule has 1 N–H and O–H groups in total. The molecule has 1 aromatic heterocycles. The van der Waals surface area contributed by atoms with Crippen LogP contribution in [-0.4, -0.2) is 4.98 Å². The van der Waals surface area contributed by atoms with Crippen molar-refractivity contribution < 1.29 is 8.78 Å². The molecule has 0 saturated heterocycles. The summed E-state index contributed by atoms with van der Waals surface area (Å²) in [6.45, 7) is 5.31. The number of halogens is 2. The Morgan fingerprint density at radius 1 is 1.05 bits per heavy atom. The van der Waals surface area contributed by atoms with Gasteiger partial charge in [-0.15, -0.1) is 0 Å². The van der Waals surface area contributed by atoms with Gasteiger partial charge >= 0.3 is 0 Å². The predicted octanol–water partition coefficient (Wildman–Crippen LogP) is 4.08. The lowest BCUT2D eigenvalue weighted by atomic mass is 10.0. The molecule has 1 aromatic carbocycles. The van der Waals surface area contributed by atoms with E-state index in [-0.39, 0.29) is 17.9 Å². The van der Waals surface area contributed by atoms with Gasteiger partial charge in [-0.2, -0.15) is 0 Å². The van der Waals surface area contributed by atoms with Gasteiger partial charge in [0.25, 0.3) is 0 Å². The maximum Gasteiger partial charge on any atom is 0.128 e. The molecule has 1 heterocycles. The van der Waals surface area contributed by atoms with Crippen molar-refractivity contribution in [2.24, 2.45) is 0 Å². The first-order chi connectivity index (χ1) is 9.49. The molecule has 0 aliphatic rings. The van der Waals surface area contributed by atoms with Crippen LogP contribution >= 0.6 is 0 Å². The van der Waals surface area contributed by atoms with Crippen LogP contribution in [0.15, 0.2) is 36.5 Å². The largest absolute Gasteiger partial charge is 0.302 e. The minimum absolute atomic E-state index is 0.0463. The molecule has 2 rings (SSSR count). The van der Waals surface area contributed by atoms with Gasteiger partial charge < -0.3 is 5.32 Å². The van der Waals surface area contributed by atoms with Gasteiger partial charge in [0.15, 0.2) is 0 Å². The summed E-state index contributed by atoms with van der Waals surface area (Å²) < 4.78 is 27.5. The van der Waals surface area contributed by atoms with Crippen LogP contribution in [0.5, 0.6) is 0 Å². The second kappa shape index (κ2) is 6.09. The molecule has 2 atom stereocenters. The van der Waals surface area contributed by atoms with E-state index in [1.54, 1.807) is 13.1 Å². The molecular formula is C16H18F2N2. The number of rotatable bonds is 4. The third-order valence-electron chi connectivity index (χ3n) is 3.38. The van der Waals surface area contributed by atoms with Crippen LogP contribution in [0.25, 0.3) is 0 Å². The topological polar surface area (TPSA) is 24.9 Å². The van der Waals surface area contributed by atoms with E-state index in [1.165, 1.54) is 12.1 Å². The van der Waals surface area contributed by atoms with Gasteiger partial charge in [0.05, 0.1) is 5.69 Å². The van der Waals surface area contributed by atoms with Gasteiger partial charge in [0.2, 0.25) is 0 Å². The number of aryl methyl sites for hydroxylation is 1. The quantitative estimate of drug-likeness (QED) is 0.910. The van der Waals surface area contributed by atoms with Crippen LogP contribution in [0.2, 0.25) is 0 Å². The van der Waals surface area contributed by atoms with E-state index >= 15 is 0 Å². The van der Waals surface area contributed by atoms with Crippen LogP contribution in [0.4, 0.5) is 8.78 Å². The van der Waals surface area contributed by atoms with Crippen molar-refractivity contribution in [3.63, 3.8) is 0 Å². The first-order valence-corrected chi connectivity index (χ1v) is 6.61. The third kappa shape index (κ3) is 3.20. The third-order valence-corrected chi connectivity index (χ3v) is 3.38. The maximum absolute atomic E-state index is 13.9. The molecule has 0 fully saturated rings. The first-order valence-electron chi connectivity index (χ1n) is 6.61. The number of benzene rings is 1. The highest BCUT2D eigenvalue weighted by atomic mass is 19.1. The fourth-order valence-electron chi connectivity index (χ4n) is 2.18. The average Bonchev–Trinajstić information content (AvgIpc) is 2.43. The van der Waals surface area contributed by atoms with Crippen LogP contribution in [0.3, 0.4) is 0 Å². The lowest BCUT2D eigenvalue weighted by Crippen LogP contribution is -2.24. The van der Waals surface area contributed by atoms with Crippen molar-refractivity contribution in [2.45, 2.75) is 32.9 Å². The summed E-state index contributed by atoms with van der Waals surface area (Å²) in [6, 6.07) is 7.78. The number of nitrogens with zero attached hydrogens (tertiary/aromatic N) is 1. The molecule has 0 spiro atoms. The second-order valence-corrected chi connectivity index (χ2v) is 4.99. The fraction of sp³-hybridized carbons (Fsp3) is 0.312. The summed E-state index contributed by atoms with van der Waals surface area (Å²) in [6.07, 6.45) is 1.71. The highest BCUT2D eigenvalue weighted by Crippen LogP contribution is 2.23. The van der Waals surface area contributed by atoms with E-state index in [1.807, 2.05) is 32.0 Å². The monoisotopic (exact) mass is 276 g/mol. The molecule has 4 heteroatoms. The van der Waals surface area contributed by atoms with Crippen LogP contribution < -0.4 is 5.32 Å². The molecule has 0 bridgehead atoms. The van der Waals surface area contributed by atoms with Crippen molar-refractivity contribution in [3.8, 4) is 0 Å². The Kier molecular flexibility index (Phi) is 4.45. The number of nitrogens with one attached hydrogen (secondary N) is 1. The van der Waals surface area contributed by atoms with Crippen molar-refractivity contribution in [1.29, 1.82) is 0 Å². The molecule has 2 aromatic rings. The Morgan fingerprint density at radius 2 is 1.80 bits per heavy atom. The van der Waals surface area contributed by atoms with E-state index in [9.17, 15) is 8.78 Å². The van der Waals surface area contributed by atoms with Gasteiger partial charge in [0, 0.05) is 23.8 Å². The van der Waals surface area contributed by atoms with Gasteiger partial charge in [-0.05, 0) is 50.6 Å². The zero-order valence-electron chi connectivity index (χ0n) is 11.8. The zero-order valence-corrected chi connectivity index (χ0v) is 11.8. The van der Waals surface area contributed by atoms with Crippen molar-refractivity contribution in [2.75, 3.05) is 0 Å². The lowest BCUT2D eigenvalue weighted by Gasteiger charge is -2.21. The Morgan fingerprint density at radius 3 is 2.45 bits per heavy atom. The van der Waals surface area contributed by atoms with Crippen LogP contribution in [0, 0.1) is 18.6 Å². The molecule has 0 aliphatic carbocycles. The van der Waals surface area contributed by atoms with Gasteiger partial charge in [-0.25, -0.2) is 8.78 Å². The van der Waals surface area contributed by atoms with E-state index in [2.05, 4.69) is 10.3 Å². The highest BCUT2D eigenvalue weighted by molar-refractivity contribution is 5.27. The Labute approximate surface area is 117 Å². The average molecular weight is 276 g/mol. The first kappa shape index (κ1) is 14.6. The minimum atomic E-state index is -0.392. The molecule has 0 aliphatic heterocycles. The lowest BCUT2D eigenvalue weighted by molar-refractivity contribution is 0.463. The molecule has 2 unspecified atom stereocenters. The number of hydrogen-bond donors (Lipinski definition) is 1. The number of hydrogen-bond acceptors (Lipinski definition) is 2. The van der Waals surface area contributed by atoms with Gasteiger partial charge in [0.1, 0.15) is 11.6 Å². The van der Waals surface area contributed by atoms with Gasteiger partial charge in [-0.3, -0.25) is 4.98 Å². The molecule has 2 nitrogen and oxygen atoms in total. The molecule has 20 heavy (non-hydrogen) atoms. The van der Waals surface area contributed by atoms with Crippen molar-refractivity contribution in [3.05, 3.63) is 65.0 Å². The summed E-state index contributed by atoms with van der Waals surface area (Å²) in [7, 11) is 0.